The lowest BCUT2D eigenvalue weighted by Crippen LogP contribution is -2.40. The fourth-order valence-corrected chi connectivity index (χ4v) is 3.88. The molecule has 2 aliphatic rings. The van der Waals surface area contributed by atoms with Crippen molar-refractivity contribution in [3.63, 3.8) is 0 Å². The second-order valence-corrected chi connectivity index (χ2v) is 8.27. The quantitative estimate of drug-likeness (QED) is 0.733. The number of rotatable bonds is 5. The van der Waals surface area contributed by atoms with Crippen molar-refractivity contribution in [2.45, 2.75) is 38.1 Å². The molecule has 1 amide bonds. The van der Waals surface area contributed by atoms with Crippen LogP contribution in [-0.4, -0.2) is 35.5 Å². The Balaban J connectivity index is 1.40. The van der Waals surface area contributed by atoms with Gasteiger partial charge in [-0.2, -0.15) is 0 Å². The number of halogens is 1. The van der Waals surface area contributed by atoms with Gasteiger partial charge in [-0.05, 0) is 73.4 Å². The van der Waals surface area contributed by atoms with Crippen LogP contribution in [0.15, 0.2) is 41.0 Å². The molecule has 0 saturated heterocycles. The number of carbonyl (C=O) groups is 1. The number of ether oxygens (including phenoxy) is 1. The number of fused-ring (bicyclic) bond motifs is 1. The summed E-state index contributed by atoms with van der Waals surface area (Å²) in [5.41, 5.74) is 3.19. The zero-order valence-corrected chi connectivity index (χ0v) is 16.5. The number of aromatic nitrogens is 1. The standard InChI is InChI=1S/C21H23BrN2O2/c1-24(18-7-5-15-10-17(22)6-4-16(15)11-18)21(25)20-9-8-19(12-23-20)26-13-14-2-3-14/h4,6,8-10,12,14,18H,2-3,5,7,11,13H2,1H3/t18-/m0/s1. The van der Waals surface area contributed by atoms with E-state index in [-0.39, 0.29) is 11.9 Å². The maximum atomic E-state index is 12.8. The molecule has 1 aromatic heterocycles. The molecule has 4 rings (SSSR count). The highest BCUT2D eigenvalue weighted by Crippen LogP contribution is 2.30. The molecule has 1 atom stereocenters. The van der Waals surface area contributed by atoms with Crippen LogP contribution in [0.2, 0.25) is 0 Å². The molecule has 0 N–H and O–H groups in total. The number of benzene rings is 1. The smallest absolute Gasteiger partial charge is 0.272 e. The van der Waals surface area contributed by atoms with Crippen LogP contribution in [0.4, 0.5) is 0 Å². The number of likely N-dealkylation sites (N-methyl/N-ethyl adjacent to an activating group) is 1. The molecular weight excluding hydrogens is 392 g/mol. The van der Waals surface area contributed by atoms with Gasteiger partial charge < -0.3 is 9.64 Å². The lowest BCUT2D eigenvalue weighted by atomic mass is 9.87. The van der Waals surface area contributed by atoms with E-state index in [1.165, 1.54) is 24.0 Å². The van der Waals surface area contributed by atoms with Crippen LogP contribution in [0.25, 0.3) is 0 Å². The summed E-state index contributed by atoms with van der Waals surface area (Å²) in [6, 6.07) is 10.3. The minimum absolute atomic E-state index is 0.0238. The lowest BCUT2D eigenvalue weighted by molar-refractivity contribution is 0.0713. The zero-order chi connectivity index (χ0) is 18.1. The molecule has 2 aromatic rings. The Bertz CT molecular complexity index is 802. The molecule has 1 aromatic carbocycles. The maximum absolute atomic E-state index is 12.8. The number of aryl methyl sites for hydroxylation is 1. The Kier molecular flexibility index (Phi) is 4.98. The number of carbonyl (C=O) groups excluding carboxylic acids is 1. The molecule has 1 fully saturated rings. The molecule has 0 spiro atoms. The van der Waals surface area contributed by atoms with E-state index in [9.17, 15) is 4.79 Å². The highest BCUT2D eigenvalue weighted by atomic mass is 79.9. The first-order chi connectivity index (χ1) is 12.6. The minimum Gasteiger partial charge on any atom is -0.492 e. The van der Waals surface area contributed by atoms with Gasteiger partial charge in [0, 0.05) is 17.6 Å². The molecule has 0 unspecified atom stereocenters. The van der Waals surface area contributed by atoms with E-state index in [0.29, 0.717) is 11.6 Å². The van der Waals surface area contributed by atoms with Crippen LogP contribution in [0.1, 0.15) is 40.9 Å². The Hall–Kier alpha value is -1.88. The van der Waals surface area contributed by atoms with Crippen molar-refractivity contribution >= 4 is 21.8 Å². The van der Waals surface area contributed by atoms with E-state index < -0.39 is 0 Å². The second kappa shape index (κ2) is 7.39. The third-order valence-electron chi connectivity index (χ3n) is 5.38. The summed E-state index contributed by atoms with van der Waals surface area (Å²) in [6.45, 7) is 0.756. The van der Waals surface area contributed by atoms with E-state index in [2.05, 4.69) is 39.1 Å². The average molecular weight is 415 g/mol. The van der Waals surface area contributed by atoms with E-state index in [1.807, 2.05) is 18.0 Å². The van der Waals surface area contributed by atoms with Gasteiger partial charge in [0.1, 0.15) is 11.4 Å². The van der Waals surface area contributed by atoms with E-state index in [1.54, 1.807) is 12.3 Å². The van der Waals surface area contributed by atoms with Gasteiger partial charge in [0.2, 0.25) is 0 Å². The molecule has 1 heterocycles. The molecule has 0 bridgehead atoms. The Morgan fingerprint density at radius 2 is 2.08 bits per heavy atom. The third kappa shape index (κ3) is 3.93. The van der Waals surface area contributed by atoms with Crippen LogP contribution in [0, 0.1) is 5.92 Å². The van der Waals surface area contributed by atoms with Gasteiger partial charge in [0.15, 0.2) is 0 Å². The van der Waals surface area contributed by atoms with Crippen molar-refractivity contribution in [1.82, 2.24) is 9.88 Å². The summed E-state index contributed by atoms with van der Waals surface area (Å²) in [4.78, 5) is 19.0. The van der Waals surface area contributed by atoms with Crippen LogP contribution in [0.5, 0.6) is 5.75 Å². The van der Waals surface area contributed by atoms with E-state index >= 15 is 0 Å². The lowest BCUT2D eigenvalue weighted by Gasteiger charge is -2.32. The summed E-state index contributed by atoms with van der Waals surface area (Å²) < 4.78 is 6.82. The SMILES string of the molecule is CN(C(=O)c1ccc(OCC2CC2)cn1)[C@H]1CCc2cc(Br)ccc2C1. The van der Waals surface area contributed by atoms with Crippen LogP contribution >= 0.6 is 15.9 Å². The molecule has 0 radical (unpaired) electrons. The molecule has 4 nitrogen and oxygen atoms in total. The molecule has 2 aliphatic carbocycles. The van der Waals surface area contributed by atoms with Gasteiger partial charge in [-0.3, -0.25) is 4.79 Å². The van der Waals surface area contributed by atoms with Crippen LogP contribution in [-0.2, 0) is 12.8 Å². The number of pyridine rings is 1. The molecular formula is C21H23BrN2O2. The van der Waals surface area contributed by atoms with Gasteiger partial charge in [-0.25, -0.2) is 4.98 Å². The predicted octanol–water partition coefficient (Wildman–Crippen LogP) is 4.26. The second-order valence-electron chi connectivity index (χ2n) is 7.36. The summed E-state index contributed by atoms with van der Waals surface area (Å²) in [5, 5.41) is 0. The molecule has 136 valence electrons. The van der Waals surface area contributed by atoms with Gasteiger partial charge in [0.25, 0.3) is 5.91 Å². The van der Waals surface area contributed by atoms with Crippen molar-refractivity contribution in [1.29, 1.82) is 0 Å². The van der Waals surface area contributed by atoms with Crippen molar-refractivity contribution in [2.24, 2.45) is 5.92 Å². The van der Waals surface area contributed by atoms with Gasteiger partial charge in [-0.15, -0.1) is 0 Å². The summed E-state index contributed by atoms with van der Waals surface area (Å²) >= 11 is 3.53. The average Bonchev–Trinajstić information content (AvgIpc) is 3.49. The summed E-state index contributed by atoms with van der Waals surface area (Å²) in [7, 11) is 1.88. The van der Waals surface area contributed by atoms with E-state index in [4.69, 9.17) is 4.74 Å². The van der Waals surface area contributed by atoms with Crippen molar-refractivity contribution in [2.75, 3.05) is 13.7 Å². The minimum atomic E-state index is -0.0238. The van der Waals surface area contributed by atoms with Crippen LogP contribution < -0.4 is 4.74 Å². The van der Waals surface area contributed by atoms with Crippen LogP contribution in [0.3, 0.4) is 0 Å². The van der Waals surface area contributed by atoms with E-state index in [0.717, 1.165) is 36.1 Å². The largest absolute Gasteiger partial charge is 0.492 e. The normalized spacial score (nSPS) is 18.9. The summed E-state index contributed by atoms with van der Waals surface area (Å²) in [6.07, 6.45) is 7.06. The molecule has 1 saturated carbocycles. The Morgan fingerprint density at radius 3 is 2.81 bits per heavy atom. The predicted molar refractivity (Wildman–Crippen MR) is 105 cm³/mol. The van der Waals surface area contributed by atoms with Gasteiger partial charge in [0.05, 0.1) is 12.8 Å². The fraction of sp³-hybridized carbons (Fsp3) is 0.429. The first-order valence-electron chi connectivity index (χ1n) is 9.23. The van der Waals surface area contributed by atoms with Gasteiger partial charge >= 0.3 is 0 Å². The number of hydrogen-bond acceptors (Lipinski definition) is 3. The third-order valence-corrected chi connectivity index (χ3v) is 5.87. The fourth-order valence-electron chi connectivity index (χ4n) is 3.47. The molecule has 5 heteroatoms. The van der Waals surface area contributed by atoms with Gasteiger partial charge in [-0.1, -0.05) is 22.0 Å². The van der Waals surface area contributed by atoms with Crippen molar-refractivity contribution < 1.29 is 9.53 Å². The maximum Gasteiger partial charge on any atom is 0.272 e. The molecule has 26 heavy (non-hydrogen) atoms. The highest BCUT2D eigenvalue weighted by molar-refractivity contribution is 9.10. The highest BCUT2D eigenvalue weighted by Gasteiger charge is 2.26. The van der Waals surface area contributed by atoms with Crippen molar-refractivity contribution in [3.8, 4) is 5.75 Å². The first kappa shape index (κ1) is 17.5. The Morgan fingerprint density at radius 1 is 1.23 bits per heavy atom. The zero-order valence-electron chi connectivity index (χ0n) is 15.0. The molecule has 0 aliphatic heterocycles. The topological polar surface area (TPSA) is 42.4 Å². The monoisotopic (exact) mass is 414 g/mol. The number of nitrogens with zero attached hydrogens (tertiary/aromatic N) is 2. The first-order valence-corrected chi connectivity index (χ1v) is 10.0. The number of amides is 1. The number of hydrogen-bond donors (Lipinski definition) is 0. The summed E-state index contributed by atoms with van der Waals surface area (Å²) in [5.74, 6) is 1.43. The van der Waals surface area contributed by atoms with Crippen molar-refractivity contribution in [3.05, 3.63) is 57.8 Å². The Labute approximate surface area is 162 Å².